The van der Waals surface area contributed by atoms with E-state index in [0.29, 0.717) is 19.5 Å². The molecule has 4 nitrogen and oxygen atoms in total. The highest BCUT2D eigenvalue weighted by Crippen LogP contribution is 2.22. The third-order valence-electron chi connectivity index (χ3n) is 2.72. The Morgan fingerprint density at radius 2 is 2.22 bits per heavy atom. The van der Waals surface area contributed by atoms with Crippen molar-refractivity contribution in [2.24, 2.45) is 5.73 Å². The molecule has 1 aromatic rings. The predicted molar refractivity (Wildman–Crippen MR) is 73.9 cm³/mol. The number of benzene rings is 1. The Bertz CT molecular complexity index is 380. The maximum absolute atomic E-state index is 12.1. The van der Waals surface area contributed by atoms with E-state index in [9.17, 15) is 4.79 Å². The predicted octanol–water partition coefficient (Wildman–Crippen LogP) is 2.18. The van der Waals surface area contributed by atoms with E-state index in [1.165, 1.54) is 0 Å². The molecule has 0 aromatic heterocycles. The highest BCUT2D eigenvalue weighted by atomic mass is 16.5. The molecule has 0 spiro atoms. The number of carbonyl (C=O) groups excluding carboxylic acids is 1. The molecule has 1 aromatic carbocycles. The molecule has 1 rings (SSSR count). The summed E-state index contributed by atoms with van der Waals surface area (Å²) >= 11 is 0. The quantitative estimate of drug-likeness (QED) is 0.807. The number of amides is 1. The normalized spacial score (nSPS) is 10.2. The molecular formula is C14H22N2O2. The minimum atomic E-state index is 0.138. The first-order chi connectivity index (χ1) is 8.72. The zero-order chi connectivity index (χ0) is 13.4. The largest absolute Gasteiger partial charge is 0.497 e. The Hall–Kier alpha value is -1.55. The Labute approximate surface area is 109 Å². The van der Waals surface area contributed by atoms with Gasteiger partial charge in [0, 0.05) is 24.7 Å². The van der Waals surface area contributed by atoms with E-state index < -0.39 is 0 Å². The lowest BCUT2D eigenvalue weighted by atomic mass is 10.2. The number of methoxy groups -OCH3 is 1. The van der Waals surface area contributed by atoms with Gasteiger partial charge in [0.25, 0.3) is 0 Å². The molecule has 0 bridgehead atoms. The molecule has 100 valence electrons. The first-order valence-electron chi connectivity index (χ1n) is 6.37. The molecule has 18 heavy (non-hydrogen) atoms. The van der Waals surface area contributed by atoms with Crippen LogP contribution in [0.5, 0.6) is 5.75 Å². The second kappa shape index (κ2) is 7.71. The lowest BCUT2D eigenvalue weighted by Crippen LogP contribution is -2.32. The fraction of sp³-hybridized carbons (Fsp3) is 0.500. The molecule has 1 amide bonds. The van der Waals surface area contributed by atoms with Crippen molar-refractivity contribution in [3.05, 3.63) is 24.3 Å². The van der Waals surface area contributed by atoms with Crippen LogP contribution < -0.4 is 15.4 Å². The monoisotopic (exact) mass is 250 g/mol. The minimum Gasteiger partial charge on any atom is -0.497 e. The minimum absolute atomic E-state index is 0.138. The van der Waals surface area contributed by atoms with Crippen molar-refractivity contribution in [3.63, 3.8) is 0 Å². The highest BCUT2D eigenvalue weighted by molar-refractivity contribution is 5.93. The van der Waals surface area contributed by atoms with Gasteiger partial charge in [-0.15, -0.1) is 0 Å². The summed E-state index contributed by atoms with van der Waals surface area (Å²) in [5, 5.41) is 0. The summed E-state index contributed by atoms with van der Waals surface area (Å²) in [6, 6.07) is 7.56. The van der Waals surface area contributed by atoms with Gasteiger partial charge in [-0.05, 0) is 31.5 Å². The average Bonchev–Trinajstić information content (AvgIpc) is 2.40. The topological polar surface area (TPSA) is 55.6 Å². The number of carbonyl (C=O) groups is 1. The Morgan fingerprint density at radius 1 is 1.44 bits per heavy atom. The summed E-state index contributed by atoms with van der Waals surface area (Å²) in [6.07, 6.45) is 2.20. The number of ether oxygens (including phenoxy) is 1. The van der Waals surface area contributed by atoms with E-state index in [4.69, 9.17) is 10.5 Å². The van der Waals surface area contributed by atoms with E-state index >= 15 is 0 Å². The number of nitrogens with zero attached hydrogens (tertiary/aromatic N) is 1. The molecule has 0 heterocycles. The molecule has 0 radical (unpaired) electrons. The lowest BCUT2D eigenvalue weighted by Gasteiger charge is -2.23. The molecule has 0 aliphatic carbocycles. The molecule has 0 saturated heterocycles. The zero-order valence-electron chi connectivity index (χ0n) is 11.2. The fourth-order valence-electron chi connectivity index (χ4n) is 1.77. The van der Waals surface area contributed by atoms with E-state index in [0.717, 1.165) is 24.3 Å². The number of hydrogen-bond donors (Lipinski definition) is 1. The van der Waals surface area contributed by atoms with Gasteiger partial charge in [0.1, 0.15) is 5.75 Å². The van der Waals surface area contributed by atoms with E-state index in [1.54, 1.807) is 12.0 Å². The van der Waals surface area contributed by atoms with Crippen LogP contribution in [0, 0.1) is 0 Å². The summed E-state index contributed by atoms with van der Waals surface area (Å²) in [5.74, 6) is 0.897. The lowest BCUT2D eigenvalue weighted by molar-refractivity contribution is -0.118. The third kappa shape index (κ3) is 4.04. The van der Waals surface area contributed by atoms with Crippen LogP contribution in [0.2, 0.25) is 0 Å². The van der Waals surface area contributed by atoms with Gasteiger partial charge in [-0.25, -0.2) is 0 Å². The van der Waals surface area contributed by atoms with Gasteiger partial charge in [0.05, 0.1) is 7.11 Å². The molecule has 0 unspecified atom stereocenters. The van der Waals surface area contributed by atoms with Crippen LogP contribution in [0.25, 0.3) is 0 Å². The first kappa shape index (κ1) is 14.5. The van der Waals surface area contributed by atoms with Crippen molar-refractivity contribution in [3.8, 4) is 5.75 Å². The second-order valence-corrected chi connectivity index (χ2v) is 4.14. The van der Waals surface area contributed by atoms with Crippen LogP contribution in [-0.2, 0) is 4.79 Å². The average molecular weight is 250 g/mol. The van der Waals surface area contributed by atoms with Gasteiger partial charge in [-0.3, -0.25) is 4.79 Å². The van der Waals surface area contributed by atoms with Crippen molar-refractivity contribution in [2.45, 2.75) is 26.2 Å². The van der Waals surface area contributed by atoms with Crippen LogP contribution >= 0.6 is 0 Å². The van der Waals surface area contributed by atoms with Crippen molar-refractivity contribution in [1.82, 2.24) is 0 Å². The van der Waals surface area contributed by atoms with E-state index in [-0.39, 0.29) is 5.91 Å². The Kier molecular flexibility index (Phi) is 6.22. The molecule has 0 fully saturated rings. The molecule has 4 heteroatoms. The van der Waals surface area contributed by atoms with Gasteiger partial charge in [-0.2, -0.15) is 0 Å². The Balaban J connectivity index is 2.89. The second-order valence-electron chi connectivity index (χ2n) is 4.14. The molecule has 0 saturated carbocycles. The summed E-state index contributed by atoms with van der Waals surface area (Å²) in [5.41, 5.74) is 6.40. The van der Waals surface area contributed by atoms with Crippen LogP contribution in [0.1, 0.15) is 26.2 Å². The van der Waals surface area contributed by atoms with Crippen molar-refractivity contribution < 1.29 is 9.53 Å². The Morgan fingerprint density at radius 3 is 2.83 bits per heavy atom. The summed E-state index contributed by atoms with van der Waals surface area (Å²) in [6.45, 7) is 3.24. The van der Waals surface area contributed by atoms with Gasteiger partial charge in [0.2, 0.25) is 5.91 Å². The van der Waals surface area contributed by atoms with Crippen LogP contribution in [0.15, 0.2) is 24.3 Å². The molecule has 2 N–H and O–H groups in total. The van der Waals surface area contributed by atoms with Crippen molar-refractivity contribution in [2.75, 3.05) is 25.1 Å². The van der Waals surface area contributed by atoms with Gasteiger partial charge >= 0.3 is 0 Å². The van der Waals surface area contributed by atoms with Crippen LogP contribution in [0.4, 0.5) is 5.69 Å². The third-order valence-corrected chi connectivity index (χ3v) is 2.72. The van der Waals surface area contributed by atoms with Crippen molar-refractivity contribution in [1.29, 1.82) is 0 Å². The van der Waals surface area contributed by atoms with E-state index in [1.807, 2.05) is 31.2 Å². The van der Waals surface area contributed by atoms with Gasteiger partial charge < -0.3 is 15.4 Å². The zero-order valence-corrected chi connectivity index (χ0v) is 11.2. The number of hydrogen-bond acceptors (Lipinski definition) is 3. The fourth-order valence-corrected chi connectivity index (χ4v) is 1.77. The molecule has 0 aliphatic heterocycles. The van der Waals surface area contributed by atoms with Gasteiger partial charge in [-0.1, -0.05) is 13.0 Å². The summed E-state index contributed by atoms with van der Waals surface area (Å²) < 4.78 is 5.19. The van der Waals surface area contributed by atoms with Crippen LogP contribution in [-0.4, -0.2) is 26.1 Å². The molecule has 0 aliphatic rings. The van der Waals surface area contributed by atoms with E-state index in [2.05, 4.69) is 0 Å². The smallest absolute Gasteiger partial charge is 0.226 e. The standard InChI is InChI=1S/C14H22N2O2/c1-3-6-14(17)16(10-5-9-15)12-7-4-8-13(11-12)18-2/h4,7-8,11H,3,5-6,9-10,15H2,1-2H3. The van der Waals surface area contributed by atoms with Crippen molar-refractivity contribution >= 4 is 11.6 Å². The highest BCUT2D eigenvalue weighted by Gasteiger charge is 2.14. The summed E-state index contributed by atoms with van der Waals surface area (Å²) in [7, 11) is 1.62. The SMILES string of the molecule is CCCC(=O)N(CCCN)c1cccc(OC)c1. The number of nitrogens with two attached hydrogens (primary N) is 1. The first-order valence-corrected chi connectivity index (χ1v) is 6.37. The summed E-state index contributed by atoms with van der Waals surface area (Å²) in [4.78, 5) is 13.9. The maximum atomic E-state index is 12.1. The van der Waals surface area contributed by atoms with Gasteiger partial charge in [0.15, 0.2) is 0 Å². The maximum Gasteiger partial charge on any atom is 0.226 e. The molecule has 0 atom stereocenters. The van der Waals surface area contributed by atoms with Crippen LogP contribution in [0.3, 0.4) is 0 Å². The number of rotatable bonds is 7. The molecular weight excluding hydrogens is 228 g/mol. The number of anilines is 1.